The topological polar surface area (TPSA) is 461 Å². The van der Waals surface area contributed by atoms with Gasteiger partial charge < -0.3 is 21.1 Å². The number of azo groups is 2. The molecule has 0 aliphatic carbocycles. The van der Waals surface area contributed by atoms with E-state index in [0.717, 1.165) is 30.3 Å². The van der Waals surface area contributed by atoms with Crippen LogP contribution in [0.25, 0.3) is 21.9 Å². The van der Waals surface area contributed by atoms with Crippen molar-refractivity contribution in [2.24, 2.45) is 20.5 Å². The average molecular weight is 1190 g/mol. The van der Waals surface area contributed by atoms with E-state index >= 15 is 0 Å². The van der Waals surface area contributed by atoms with Gasteiger partial charge >= 0.3 is 5.97 Å². The molecule has 0 saturated heterocycles. The van der Waals surface area contributed by atoms with Crippen molar-refractivity contribution in [1.29, 1.82) is 10.5 Å². The molecule has 33 heteroatoms. The van der Waals surface area contributed by atoms with E-state index in [1.807, 2.05) is 12.1 Å². The van der Waals surface area contributed by atoms with Crippen molar-refractivity contribution in [1.82, 2.24) is 4.98 Å². The number of nitrogens with zero attached hydrogens (tertiary/aromatic N) is 8. The van der Waals surface area contributed by atoms with Crippen LogP contribution < -0.4 is 16.0 Å². The first-order valence-electron chi connectivity index (χ1n) is 22.0. The predicted octanol–water partition coefficient (Wildman–Crippen LogP) is 10.2. The molecule has 81 heavy (non-hydrogen) atoms. The average Bonchev–Trinajstić information content (AvgIpc) is 3.78. The second kappa shape index (κ2) is 22.1. The van der Waals surface area contributed by atoms with E-state index in [0.29, 0.717) is 29.5 Å². The molecule has 0 saturated carbocycles. The Morgan fingerprint density at radius 2 is 1.12 bits per heavy atom. The van der Waals surface area contributed by atoms with Crippen molar-refractivity contribution in [3.05, 3.63) is 159 Å². The number of nitro groups is 1. The zero-order chi connectivity index (χ0) is 58.9. The molecule has 0 aliphatic heterocycles. The van der Waals surface area contributed by atoms with Crippen LogP contribution in [0.5, 0.6) is 0 Å². The number of fused-ring (bicyclic) bond motifs is 1. The quantitative estimate of drug-likeness (QED) is 0.0182. The fraction of sp³-hybridized carbons (Fsp3) is 0.0208. The van der Waals surface area contributed by atoms with Gasteiger partial charge in [-0.1, -0.05) is 35.6 Å². The first kappa shape index (κ1) is 57.4. The number of benzene rings is 6. The number of nitrogens with one attached hydrogen (secondary N) is 3. The molecular formula is C48H31N11O17S5. The maximum atomic E-state index is 13.2. The van der Waals surface area contributed by atoms with Crippen LogP contribution in [0.15, 0.2) is 161 Å². The number of hydrogen-bond acceptors (Lipinski definition) is 22. The van der Waals surface area contributed by atoms with E-state index in [1.54, 1.807) is 0 Å². The van der Waals surface area contributed by atoms with Gasteiger partial charge in [0, 0.05) is 51.1 Å². The van der Waals surface area contributed by atoms with Crippen LogP contribution >= 0.6 is 11.3 Å². The molecule has 8 rings (SSSR count). The lowest BCUT2D eigenvalue weighted by Gasteiger charge is -2.16. The number of aromatic carboxylic acids is 1. The zero-order valence-corrected chi connectivity index (χ0v) is 44.4. The molecule has 0 fully saturated rings. The molecule has 8 aromatic rings. The van der Waals surface area contributed by atoms with Crippen LogP contribution in [0.4, 0.5) is 55.8 Å². The van der Waals surface area contributed by atoms with Crippen molar-refractivity contribution >= 4 is 130 Å². The van der Waals surface area contributed by atoms with Gasteiger partial charge in [0.1, 0.15) is 38.2 Å². The number of anilines is 5. The lowest BCUT2D eigenvalue weighted by atomic mass is 10.0. The molecule has 410 valence electrons. The van der Waals surface area contributed by atoms with E-state index in [1.165, 1.54) is 79.7 Å². The molecule has 28 nitrogen and oxygen atoms in total. The second-order valence-corrected chi connectivity index (χ2v) is 23.2. The molecule has 0 aliphatic rings. The van der Waals surface area contributed by atoms with Crippen molar-refractivity contribution < 1.29 is 71.5 Å². The monoisotopic (exact) mass is 1190 g/mol. The number of rotatable bonds is 17. The lowest BCUT2D eigenvalue weighted by Crippen LogP contribution is -2.16. The molecule has 2 heterocycles. The summed E-state index contributed by atoms with van der Waals surface area (Å²) >= 11 is 0.617. The van der Waals surface area contributed by atoms with E-state index in [9.17, 15) is 87.2 Å². The van der Waals surface area contributed by atoms with Crippen LogP contribution in [-0.4, -0.2) is 78.8 Å². The normalized spacial score (nSPS) is 12.0. The van der Waals surface area contributed by atoms with Gasteiger partial charge in [0.05, 0.1) is 37.1 Å². The molecule has 2 aromatic heterocycles. The Kier molecular flexibility index (Phi) is 15.7. The van der Waals surface area contributed by atoms with Gasteiger partial charge in [-0.25, -0.2) is 9.78 Å². The summed E-state index contributed by atoms with van der Waals surface area (Å²) in [6.45, 7) is 1.43. The maximum absolute atomic E-state index is 13.2. The Hall–Kier alpha value is -9.81. The summed E-state index contributed by atoms with van der Waals surface area (Å²) < 4.78 is 137. The molecule has 8 N–H and O–H groups in total. The molecule has 0 bridgehead atoms. The predicted molar refractivity (Wildman–Crippen MR) is 287 cm³/mol. The van der Waals surface area contributed by atoms with Crippen LogP contribution in [0, 0.1) is 39.7 Å². The van der Waals surface area contributed by atoms with E-state index < -0.39 is 99.0 Å². The van der Waals surface area contributed by atoms with Crippen LogP contribution in [0.2, 0.25) is 0 Å². The molecule has 0 unspecified atom stereocenters. The summed E-state index contributed by atoms with van der Waals surface area (Å²) in [5.41, 5.74) is -2.04. The van der Waals surface area contributed by atoms with Gasteiger partial charge in [-0.2, -0.15) is 44.2 Å². The van der Waals surface area contributed by atoms with Crippen molar-refractivity contribution in [3.8, 4) is 23.3 Å². The SMILES string of the molecule is Cc1c(C#N)c(Nc2ccc(S(=O)(=O)O)cc2)nc(Nc2ccc(S(=O)(=O)O)cc2)c1N=Nc1sc(N=Nc2cc(S(=O)(=O)O)c3cc([N+](=O)[O-])cc(S(=O)(=O)O)c3c2)c(-c2ccc(NC(=O)c3ccccc3C(=O)O)cc2)c1C#N. The van der Waals surface area contributed by atoms with Gasteiger partial charge in [-0.05, 0) is 97.4 Å². The molecule has 0 spiro atoms. The highest BCUT2D eigenvalue weighted by Gasteiger charge is 2.28. The van der Waals surface area contributed by atoms with Crippen molar-refractivity contribution in [2.75, 3.05) is 16.0 Å². The van der Waals surface area contributed by atoms with Crippen LogP contribution in [0.3, 0.4) is 0 Å². The first-order valence-corrected chi connectivity index (χ1v) is 28.6. The van der Waals surface area contributed by atoms with Gasteiger partial charge in [-0.3, -0.25) is 33.1 Å². The number of nitriles is 2. The third-order valence-corrected chi connectivity index (χ3v) is 15.9. The highest BCUT2D eigenvalue weighted by atomic mass is 32.2. The molecule has 1 amide bonds. The number of carboxylic acid groups (broad SMARTS) is 1. The third kappa shape index (κ3) is 12.6. The smallest absolute Gasteiger partial charge is 0.336 e. The van der Waals surface area contributed by atoms with Crippen molar-refractivity contribution in [3.63, 3.8) is 0 Å². The highest BCUT2D eigenvalue weighted by molar-refractivity contribution is 7.87. The van der Waals surface area contributed by atoms with Crippen molar-refractivity contribution in [2.45, 2.75) is 26.5 Å². The number of carbonyl (C=O) groups excluding carboxylic acids is 1. The number of amides is 1. The number of carboxylic acids is 1. The van der Waals surface area contributed by atoms with Gasteiger partial charge in [0.2, 0.25) is 0 Å². The zero-order valence-electron chi connectivity index (χ0n) is 40.3. The molecule has 0 atom stereocenters. The van der Waals surface area contributed by atoms with Gasteiger partial charge in [-0.15, -0.1) is 20.5 Å². The third-order valence-electron chi connectivity index (χ3n) is 11.4. The number of hydrogen-bond donors (Lipinski definition) is 8. The highest BCUT2D eigenvalue weighted by Crippen LogP contribution is 2.49. The van der Waals surface area contributed by atoms with Crippen LogP contribution in [0.1, 0.15) is 37.4 Å². The minimum Gasteiger partial charge on any atom is -0.478 e. The summed E-state index contributed by atoms with van der Waals surface area (Å²) in [6.07, 6.45) is 0. The molecule has 0 radical (unpaired) electrons. The van der Waals surface area contributed by atoms with E-state index in [2.05, 4.69) is 41.4 Å². The molecule has 6 aromatic carbocycles. The number of aromatic nitrogens is 1. The maximum Gasteiger partial charge on any atom is 0.336 e. The van der Waals surface area contributed by atoms with Gasteiger partial charge in [0.15, 0.2) is 16.6 Å². The summed E-state index contributed by atoms with van der Waals surface area (Å²) in [5, 5.41) is 66.2. The fourth-order valence-corrected chi connectivity index (χ4v) is 11.0. The summed E-state index contributed by atoms with van der Waals surface area (Å²) in [4.78, 5) is 37.1. The van der Waals surface area contributed by atoms with E-state index in [4.69, 9.17) is 0 Å². The number of nitro benzene ring substituents is 1. The molecular weight excluding hydrogens is 1160 g/mol. The standard InChI is InChI=1S/C48H31N11O17S5/c1-24-37(22-49)43(51-26-10-14-31(15-11-26)78(65,66)67)54-44(52-27-12-16-32(17-13-27)79(68,69)70)42(24)56-57-46-38(23-50)41(25-6-8-28(9-7-25)53-45(60)33-4-2-3-5-34(33)48(61)62)47(77-46)58-55-29-18-35-36(39(19-29)80(71,72)73)20-30(59(63)64)21-40(35)81(74,75)76/h2-21H,1H3,(H,53,60)(H,61,62)(H2,51,52,54)(H,65,66,67)(H,68,69,70)(H,71,72,73)(H,74,75,76). The minimum absolute atomic E-state index is 0.0599. The van der Waals surface area contributed by atoms with Gasteiger partial charge in [0.25, 0.3) is 52.1 Å². The Bertz CT molecular complexity index is 4600. The minimum atomic E-state index is -5.36. The first-order chi connectivity index (χ1) is 38.0. The Labute approximate surface area is 460 Å². The van der Waals surface area contributed by atoms with Crippen LogP contribution in [-0.2, 0) is 40.5 Å². The Morgan fingerprint density at radius 1 is 0.617 bits per heavy atom. The summed E-state index contributed by atoms with van der Waals surface area (Å²) in [7, 11) is -19.9. The fourth-order valence-electron chi connectivity index (χ4n) is 7.69. The number of carbonyl (C=O) groups is 2. The number of thiophene rings is 1. The van der Waals surface area contributed by atoms with E-state index in [-0.39, 0.29) is 83.3 Å². The Balaban J connectivity index is 1.30. The lowest BCUT2D eigenvalue weighted by molar-refractivity contribution is -0.384. The largest absolute Gasteiger partial charge is 0.478 e. The number of pyridine rings is 1. The Morgan fingerprint density at radius 3 is 1.64 bits per heavy atom. The summed E-state index contributed by atoms with van der Waals surface area (Å²) in [5.74, 6) is -2.51. The second-order valence-electron chi connectivity index (χ2n) is 16.6. The number of non-ortho nitro benzene ring substituents is 1. The summed E-state index contributed by atoms with van der Waals surface area (Å²) in [6, 6.07) is 26.8.